The SMILES string of the molecule is C=CCc1c(N)c(=S)[nH]c2cc(Cl)ccc12. The number of benzene rings is 1. The van der Waals surface area contributed by atoms with Crippen molar-refractivity contribution in [3.05, 3.63) is 46.1 Å². The highest BCUT2D eigenvalue weighted by Crippen LogP contribution is 2.26. The molecule has 0 spiro atoms. The van der Waals surface area contributed by atoms with Crippen molar-refractivity contribution in [2.24, 2.45) is 0 Å². The molecule has 4 heteroatoms. The molecule has 1 heterocycles. The van der Waals surface area contributed by atoms with Gasteiger partial charge < -0.3 is 10.7 Å². The van der Waals surface area contributed by atoms with Crippen molar-refractivity contribution in [1.82, 2.24) is 4.98 Å². The van der Waals surface area contributed by atoms with Crippen LogP contribution < -0.4 is 5.73 Å². The molecule has 0 fully saturated rings. The lowest BCUT2D eigenvalue weighted by atomic mass is 10.0. The minimum atomic E-state index is 0.548. The summed E-state index contributed by atoms with van der Waals surface area (Å²) >= 11 is 11.1. The van der Waals surface area contributed by atoms with Gasteiger partial charge in [0.15, 0.2) is 0 Å². The van der Waals surface area contributed by atoms with Crippen LogP contribution in [0.2, 0.25) is 5.02 Å². The third-order valence-electron chi connectivity index (χ3n) is 2.47. The second-order valence-corrected chi connectivity index (χ2v) is 4.37. The quantitative estimate of drug-likeness (QED) is 0.628. The monoisotopic (exact) mass is 250 g/mol. The van der Waals surface area contributed by atoms with Crippen molar-refractivity contribution in [2.75, 3.05) is 5.73 Å². The van der Waals surface area contributed by atoms with E-state index in [2.05, 4.69) is 11.6 Å². The summed E-state index contributed by atoms with van der Waals surface area (Å²) in [4.78, 5) is 3.07. The average molecular weight is 251 g/mol. The fraction of sp³-hybridized carbons (Fsp3) is 0.0833. The van der Waals surface area contributed by atoms with Gasteiger partial charge in [0.25, 0.3) is 0 Å². The van der Waals surface area contributed by atoms with E-state index >= 15 is 0 Å². The summed E-state index contributed by atoms with van der Waals surface area (Å²) in [7, 11) is 0. The molecule has 0 amide bonds. The summed E-state index contributed by atoms with van der Waals surface area (Å²) in [6.07, 6.45) is 2.51. The molecule has 82 valence electrons. The van der Waals surface area contributed by atoms with Gasteiger partial charge in [0.05, 0.1) is 5.69 Å². The van der Waals surface area contributed by atoms with Crippen LogP contribution in [0.4, 0.5) is 5.69 Å². The van der Waals surface area contributed by atoms with E-state index in [-0.39, 0.29) is 0 Å². The maximum absolute atomic E-state index is 5.96. The van der Waals surface area contributed by atoms with Crippen LogP contribution in [0, 0.1) is 4.64 Å². The Morgan fingerprint density at radius 2 is 2.25 bits per heavy atom. The Kier molecular flexibility index (Phi) is 2.99. The van der Waals surface area contributed by atoms with E-state index < -0.39 is 0 Å². The Morgan fingerprint density at radius 3 is 2.94 bits per heavy atom. The highest BCUT2D eigenvalue weighted by Gasteiger charge is 2.06. The van der Waals surface area contributed by atoms with E-state index in [0.29, 0.717) is 21.8 Å². The first-order chi connectivity index (χ1) is 7.63. The summed E-state index contributed by atoms with van der Waals surface area (Å²) in [6, 6.07) is 5.63. The maximum Gasteiger partial charge on any atom is 0.127 e. The number of nitrogens with two attached hydrogens (primary N) is 1. The number of hydrogen-bond acceptors (Lipinski definition) is 2. The zero-order chi connectivity index (χ0) is 11.7. The molecule has 0 saturated carbocycles. The predicted octanol–water partition coefficient (Wildman–Crippen LogP) is 3.86. The molecule has 0 aliphatic heterocycles. The number of fused-ring (bicyclic) bond motifs is 1. The fourth-order valence-corrected chi connectivity index (χ4v) is 2.12. The first-order valence-corrected chi connectivity index (χ1v) is 5.63. The lowest BCUT2D eigenvalue weighted by Gasteiger charge is -2.09. The van der Waals surface area contributed by atoms with Gasteiger partial charge in [-0.3, -0.25) is 0 Å². The van der Waals surface area contributed by atoms with Crippen LogP contribution in [0.15, 0.2) is 30.9 Å². The predicted molar refractivity (Wildman–Crippen MR) is 72.5 cm³/mol. The molecule has 0 bridgehead atoms. The zero-order valence-electron chi connectivity index (χ0n) is 8.59. The zero-order valence-corrected chi connectivity index (χ0v) is 10.2. The second kappa shape index (κ2) is 4.28. The summed E-state index contributed by atoms with van der Waals surface area (Å²) in [6.45, 7) is 3.73. The van der Waals surface area contributed by atoms with Crippen LogP contribution in [0.25, 0.3) is 10.9 Å². The van der Waals surface area contributed by atoms with E-state index in [1.165, 1.54) is 0 Å². The van der Waals surface area contributed by atoms with Crippen molar-refractivity contribution in [1.29, 1.82) is 0 Å². The summed E-state index contributed by atoms with van der Waals surface area (Å²) in [5, 5.41) is 1.71. The van der Waals surface area contributed by atoms with E-state index in [1.807, 2.05) is 24.3 Å². The van der Waals surface area contributed by atoms with Gasteiger partial charge in [0, 0.05) is 15.9 Å². The highest BCUT2D eigenvalue weighted by atomic mass is 35.5. The molecule has 0 aliphatic rings. The third-order valence-corrected chi connectivity index (χ3v) is 3.03. The van der Waals surface area contributed by atoms with Gasteiger partial charge >= 0.3 is 0 Å². The lowest BCUT2D eigenvalue weighted by Crippen LogP contribution is -1.98. The summed E-state index contributed by atoms with van der Waals surface area (Å²) < 4.78 is 0.548. The number of halogens is 1. The highest BCUT2D eigenvalue weighted by molar-refractivity contribution is 7.71. The number of nitrogens with one attached hydrogen (secondary N) is 1. The number of allylic oxidation sites excluding steroid dienone is 1. The fourth-order valence-electron chi connectivity index (χ4n) is 1.72. The molecule has 1 aromatic carbocycles. The largest absolute Gasteiger partial charge is 0.396 e. The van der Waals surface area contributed by atoms with Gasteiger partial charge in [-0.1, -0.05) is 36.0 Å². The maximum atomic E-state index is 5.96. The van der Waals surface area contributed by atoms with E-state index in [4.69, 9.17) is 29.6 Å². The van der Waals surface area contributed by atoms with Gasteiger partial charge in [-0.2, -0.15) is 0 Å². The molecule has 16 heavy (non-hydrogen) atoms. The first-order valence-electron chi connectivity index (χ1n) is 4.84. The van der Waals surface area contributed by atoms with E-state index in [9.17, 15) is 0 Å². The van der Waals surface area contributed by atoms with Crippen LogP contribution in [-0.4, -0.2) is 4.98 Å². The Bertz CT molecular complexity index is 616. The standard InChI is InChI=1S/C12H11ClN2S/c1-2-3-9-8-5-4-7(13)6-10(8)15-12(16)11(9)14/h2,4-6H,1,3,14H2,(H,15,16). The molecule has 2 aromatic rings. The van der Waals surface area contributed by atoms with Crippen molar-refractivity contribution in [2.45, 2.75) is 6.42 Å². The number of pyridine rings is 1. The minimum absolute atomic E-state index is 0.548. The van der Waals surface area contributed by atoms with Crippen molar-refractivity contribution in [3.8, 4) is 0 Å². The average Bonchev–Trinajstić information content (AvgIpc) is 2.24. The van der Waals surface area contributed by atoms with E-state index in [1.54, 1.807) is 0 Å². The van der Waals surface area contributed by atoms with Crippen LogP contribution >= 0.6 is 23.8 Å². The number of anilines is 1. The Balaban J connectivity index is 2.88. The van der Waals surface area contributed by atoms with Gasteiger partial charge in [-0.15, -0.1) is 6.58 Å². The molecule has 2 rings (SSSR count). The van der Waals surface area contributed by atoms with Crippen LogP contribution in [0.3, 0.4) is 0 Å². The Hall–Kier alpha value is -1.32. The molecule has 0 radical (unpaired) electrons. The molecule has 1 aromatic heterocycles. The molecule has 0 unspecified atom stereocenters. The molecule has 2 nitrogen and oxygen atoms in total. The molecular weight excluding hydrogens is 240 g/mol. The lowest BCUT2D eigenvalue weighted by molar-refractivity contribution is 1.26. The van der Waals surface area contributed by atoms with Gasteiger partial charge in [-0.25, -0.2) is 0 Å². The second-order valence-electron chi connectivity index (χ2n) is 3.53. The Labute approximate surface area is 104 Å². The van der Waals surface area contributed by atoms with Crippen molar-refractivity contribution >= 4 is 40.4 Å². The van der Waals surface area contributed by atoms with Crippen LogP contribution in [-0.2, 0) is 6.42 Å². The molecule has 0 aliphatic carbocycles. The number of hydrogen-bond donors (Lipinski definition) is 2. The number of rotatable bonds is 2. The minimum Gasteiger partial charge on any atom is -0.396 e. The normalized spacial score (nSPS) is 10.6. The van der Waals surface area contributed by atoms with E-state index in [0.717, 1.165) is 16.5 Å². The first kappa shape index (κ1) is 11.2. The molecule has 3 N–H and O–H groups in total. The molecule has 0 atom stereocenters. The summed E-state index contributed by atoms with van der Waals surface area (Å²) in [5.74, 6) is 0. The van der Waals surface area contributed by atoms with Crippen molar-refractivity contribution < 1.29 is 0 Å². The topological polar surface area (TPSA) is 41.8 Å². The van der Waals surface area contributed by atoms with Gasteiger partial charge in [0.2, 0.25) is 0 Å². The van der Waals surface area contributed by atoms with Crippen molar-refractivity contribution in [3.63, 3.8) is 0 Å². The smallest absolute Gasteiger partial charge is 0.127 e. The molecular formula is C12H11ClN2S. The number of aromatic amines is 1. The number of H-pyrrole nitrogens is 1. The molecule has 0 saturated heterocycles. The number of nitrogen functional groups attached to an aromatic ring is 1. The third kappa shape index (κ3) is 1.84. The van der Waals surface area contributed by atoms with Gasteiger partial charge in [0.1, 0.15) is 4.64 Å². The Morgan fingerprint density at radius 1 is 1.50 bits per heavy atom. The number of aromatic nitrogens is 1. The van der Waals surface area contributed by atoms with Crippen LogP contribution in [0.5, 0.6) is 0 Å². The van der Waals surface area contributed by atoms with Crippen LogP contribution in [0.1, 0.15) is 5.56 Å². The van der Waals surface area contributed by atoms with Gasteiger partial charge in [-0.05, 0) is 24.1 Å². The summed E-state index contributed by atoms with van der Waals surface area (Å²) in [5.41, 5.74) is 8.48.